The molecule has 8 heteroatoms. The van der Waals surface area contributed by atoms with Crippen molar-refractivity contribution >= 4 is 40.2 Å². The zero-order valence-electron chi connectivity index (χ0n) is 16.5. The van der Waals surface area contributed by atoms with E-state index >= 15 is 0 Å². The lowest BCUT2D eigenvalue weighted by Crippen LogP contribution is -2.37. The Morgan fingerprint density at radius 3 is 2.43 bits per heavy atom. The van der Waals surface area contributed by atoms with Gasteiger partial charge in [-0.05, 0) is 36.2 Å². The number of Topliss-reactive ketones (excluding diaryl/α,β-unsaturated/α-hetero) is 1. The molecule has 0 radical (unpaired) electrons. The van der Waals surface area contributed by atoms with Gasteiger partial charge in [-0.3, -0.25) is 14.4 Å². The number of H-pyrrole nitrogens is 1. The number of aromatic amines is 1. The minimum atomic E-state index is -1.03. The number of benzene rings is 2. The topological polar surface area (TPSA) is 99.8 Å². The molecule has 2 heterocycles. The first-order valence-corrected chi connectivity index (χ1v) is 9.42. The minimum Gasteiger partial charge on any atom is -0.497 e. The summed E-state index contributed by atoms with van der Waals surface area (Å²) in [5, 5.41) is 0.719. The summed E-state index contributed by atoms with van der Waals surface area (Å²) in [5.41, 5.74) is 2.50. The van der Waals surface area contributed by atoms with Crippen molar-refractivity contribution in [1.82, 2.24) is 9.88 Å². The first kappa shape index (κ1) is 19.4. The number of hydrogen-bond acceptors (Lipinski definition) is 5. The summed E-state index contributed by atoms with van der Waals surface area (Å²) in [7, 11) is 1.49. The van der Waals surface area contributed by atoms with Gasteiger partial charge in [-0.2, -0.15) is 0 Å². The predicted octanol–water partition coefficient (Wildman–Crippen LogP) is 2.92. The molecule has 0 unspecified atom stereocenters. The van der Waals surface area contributed by atoms with Crippen LogP contribution in [0.1, 0.15) is 22.8 Å². The normalized spacial score (nSPS) is 14.1. The molecule has 0 aliphatic carbocycles. The lowest BCUT2D eigenvalue weighted by Gasteiger charge is -2.15. The zero-order chi connectivity index (χ0) is 21.4. The van der Waals surface area contributed by atoms with Gasteiger partial charge in [-0.25, -0.2) is 14.6 Å². The van der Waals surface area contributed by atoms with E-state index in [2.05, 4.69) is 4.98 Å². The van der Waals surface area contributed by atoms with Crippen LogP contribution in [-0.2, 0) is 16.0 Å². The van der Waals surface area contributed by atoms with Gasteiger partial charge in [0.1, 0.15) is 5.75 Å². The number of aryl methyl sites for hydroxylation is 1. The van der Waals surface area contributed by atoms with E-state index in [-0.39, 0.29) is 5.69 Å². The summed E-state index contributed by atoms with van der Waals surface area (Å²) in [5.74, 6) is -1.91. The summed E-state index contributed by atoms with van der Waals surface area (Å²) in [6.07, 6.45) is 2.36. The lowest BCUT2D eigenvalue weighted by molar-refractivity contribution is -0.139. The number of anilines is 1. The molecule has 0 saturated carbocycles. The Labute approximate surface area is 172 Å². The Morgan fingerprint density at radius 1 is 1.03 bits per heavy atom. The highest BCUT2D eigenvalue weighted by molar-refractivity contribution is 6.53. The molecule has 1 aromatic heterocycles. The second kappa shape index (κ2) is 7.47. The number of rotatable bonds is 6. The third kappa shape index (κ3) is 3.02. The number of ketones is 1. The maximum Gasteiger partial charge on any atom is 0.339 e. The van der Waals surface area contributed by atoms with E-state index in [1.54, 1.807) is 24.4 Å². The monoisotopic (exact) mass is 405 g/mol. The van der Waals surface area contributed by atoms with E-state index in [0.29, 0.717) is 16.2 Å². The van der Waals surface area contributed by atoms with Crippen molar-refractivity contribution in [3.05, 3.63) is 59.8 Å². The molecule has 152 valence electrons. The van der Waals surface area contributed by atoms with Crippen LogP contribution >= 0.6 is 0 Å². The molecule has 8 nitrogen and oxygen atoms in total. The number of urea groups is 1. The van der Waals surface area contributed by atoms with Crippen LogP contribution in [0.25, 0.3) is 10.9 Å². The fourth-order valence-corrected chi connectivity index (χ4v) is 3.58. The number of fused-ring (bicyclic) bond motifs is 1. The average Bonchev–Trinajstić information content (AvgIpc) is 3.29. The van der Waals surface area contributed by atoms with Crippen molar-refractivity contribution in [2.45, 2.75) is 13.3 Å². The van der Waals surface area contributed by atoms with Crippen LogP contribution in [0.15, 0.2) is 48.7 Å². The number of ether oxygens (including phenoxy) is 1. The van der Waals surface area contributed by atoms with Crippen molar-refractivity contribution in [1.29, 1.82) is 0 Å². The number of carbonyl (C=O) groups excluding carboxylic acids is 4. The SMILES string of the molecule is CCc1cccc2c(C(=O)CN3C(=O)C(=O)N(c4ccc(OC)cc4)C3=O)c[nH]c12. The largest absolute Gasteiger partial charge is 0.497 e. The Bertz CT molecular complexity index is 1180. The van der Waals surface area contributed by atoms with Crippen LogP contribution in [-0.4, -0.2) is 47.2 Å². The van der Waals surface area contributed by atoms with Crippen molar-refractivity contribution in [2.75, 3.05) is 18.6 Å². The minimum absolute atomic E-state index is 0.230. The highest BCUT2D eigenvalue weighted by atomic mass is 16.5. The smallest absolute Gasteiger partial charge is 0.339 e. The lowest BCUT2D eigenvalue weighted by atomic mass is 10.0. The molecule has 1 aliphatic heterocycles. The zero-order valence-corrected chi connectivity index (χ0v) is 16.5. The van der Waals surface area contributed by atoms with Crippen molar-refractivity contribution < 1.29 is 23.9 Å². The number of hydrogen-bond donors (Lipinski definition) is 1. The number of aromatic nitrogens is 1. The fraction of sp³-hybridized carbons (Fsp3) is 0.182. The molecule has 0 spiro atoms. The predicted molar refractivity (Wildman–Crippen MR) is 110 cm³/mol. The standard InChI is InChI=1S/C22H19N3O5/c1-3-13-5-4-6-16-17(11-23-19(13)16)18(26)12-24-20(27)21(28)25(22(24)29)14-7-9-15(30-2)10-8-14/h4-11,23H,3,12H2,1-2H3. The Morgan fingerprint density at radius 2 is 1.77 bits per heavy atom. The third-order valence-corrected chi connectivity index (χ3v) is 5.17. The van der Waals surface area contributed by atoms with E-state index in [1.807, 2.05) is 19.1 Å². The van der Waals surface area contributed by atoms with Gasteiger partial charge in [0.05, 0.1) is 19.3 Å². The van der Waals surface area contributed by atoms with Crippen molar-refractivity contribution in [3.8, 4) is 5.75 Å². The molecular formula is C22H19N3O5. The quantitative estimate of drug-likeness (QED) is 0.386. The summed E-state index contributed by atoms with van der Waals surface area (Å²) >= 11 is 0. The highest BCUT2D eigenvalue weighted by Crippen LogP contribution is 2.26. The molecule has 4 amide bonds. The summed E-state index contributed by atoms with van der Waals surface area (Å²) < 4.78 is 5.06. The fourth-order valence-electron chi connectivity index (χ4n) is 3.58. The number of amides is 4. The second-order valence-electron chi connectivity index (χ2n) is 6.83. The van der Waals surface area contributed by atoms with Crippen LogP contribution < -0.4 is 9.64 Å². The Balaban J connectivity index is 1.60. The number of para-hydroxylation sites is 1. The van der Waals surface area contributed by atoms with Gasteiger partial charge in [0, 0.05) is 22.7 Å². The highest BCUT2D eigenvalue weighted by Gasteiger charge is 2.46. The maximum absolute atomic E-state index is 12.9. The van der Waals surface area contributed by atoms with Crippen molar-refractivity contribution in [2.24, 2.45) is 0 Å². The first-order chi connectivity index (χ1) is 14.5. The van der Waals surface area contributed by atoms with Gasteiger partial charge < -0.3 is 9.72 Å². The van der Waals surface area contributed by atoms with Crippen LogP contribution in [0.4, 0.5) is 10.5 Å². The third-order valence-electron chi connectivity index (χ3n) is 5.17. The maximum atomic E-state index is 12.9. The van der Waals surface area contributed by atoms with Crippen LogP contribution in [0.5, 0.6) is 5.75 Å². The molecule has 4 rings (SSSR count). The number of methoxy groups -OCH3 is 1. The van der Waals surface area contributed by atoms with E-state index in [1.165, 1.54) is 19.2 Å². The van der Waals surface area contributed by atoms with Gasteiger partial charge in [0.2, 0.25) is 0 Å². The Kier molecular flexibility index (Phi) is 4.83. The second-order valence-corrected chi connectivity index (χ2v) is 6.83. The van der Waals surface area contributed by atoms with Crippen LogP contribution in [0.2, 0.25) is 0 Å². The molecule has 0 bridgehead atoms. The van der Waals surface area contributed by atoms with Gasteiger partial charge in [-0.1, -0.05) is 25.1 Å². The van der Waals surface area contributed by atoms with Crippen LogP contribution in [0, 0.1) is 0 Å². The van der Waals surface area contributed by atoms with E-state index in [0.717, 1.165) is 27.8 Å². The molecule has 2 aromatic carbocycles. The number of nitrogens with zero attached hydrogens (tertiary/aromatic N) is 2. The summed E-state index contributed by atoms with van der Waals surface area (Å²) in [4.78, 5) is 55.0. The molecule has 3 aromatic rings. The van der Waals surface area contributed by atoms with E-state index in [4.69, 9.17) is 4.74 Å². The van der Waals surface area contributed by atoms with E-state index in [9.17, 15) is 19.2 Å². The van der Waals surface area contributed by atoms with Gasteiger partial charge in [0.25, 0.3) is 0 Å². The molecule has 1 fully saturated rings. The summed E-state index contributed by atoms with van der Waals surface area (Å²) in [6, 6.07) is 10.9. The molecule has 0 atom stereocenters. The first-order valence-electron chi connectivity index (χ1n) is 9.42. The molecule has 1 aliphatic rings. The Hall–Kier alpha value is -3.94. The summed E-state index contributed by atoms with van der Waals surface area (Å²) in [6.45, 7) is 1.50. The van der Waals surface area contributed by atoms with Crippen LogP contribution in [0.3, 0.4) is 0 Å². The van der Waals surface area contributed by atoms with Gasteiger partial charge in [-0.15, -0.1) is 0 Å². The van der Waals surface area contributed by atoms with Gasteiger partial charge >= 0.3 is 17.8 Å². The molecule has 1 N–H and O–H groups in total. The number of carbonyl (C=O) groups is 4. The molecular weight excluding hydrogens is 386 g/mol. The average molecular weight is 405 g/mol. The molecule has 1 saturated heterocycles. The van der Waals surface area contributed by atoms with Crippen molar-refractivity contribution in [3.63, 3.8) is 0 Å². The number of imide groups is 2. The molecule has 30 heavy (non-hydrogen) atoms. The van der Waals surface area contributed by atoms with E-state index < -0.39 is 30.2 Å². The number of nitrogens with one attached hydrogen (secondary N) is 1. The van der Waals surface area contributed by atoms with Gasteiger partial charge in [0.15, 0.2) is 5.78 Å².